The monoisotopic (exact) mass is 250 g/mol. The third-order valence-corrected chi connectivity index (χ3v) is 2.46. The summed E-state index contributed by atoms with van der Waals surface area (Å²) in [6.45, 7) is 0. The van der Waals surface area contributed by atoms with E-state index in [1.54, 1.807) is 12.3 Å². The van der Waals surface area contributed by atoms with Crippen molar-refractivity contribution in [3.8, 4) is 0 Å². The highest BCUT2D eigenvalue weighted by Crippen LogP contribution is 2.15. The summed E-state index contributed by atoms with van der Waals surface area (Å²) in [7, 11) is 1.85. The molecule has 1 N–H and O–H groups in total. The maximum atomic E-state index is 13.3. The van der Waals surface area contributed by atoms with E-state index in [1.807, 2.05) is 17.8 Å². The van der Waals surface area contributed by atoms with Gasteiger partial charge in [0, 0.05) is 25.5 Å². The van der Waals surface area contributed by atoms with Crippen molar-refractivity contribution in [3.05, 3.63) is 53.9 Å². The van der Waals surface area contributed by atoms with Crippen LogP contribution in [-0.2, 0) is 18.3 Å². The van der Waals surface area contributed by atoms with Crippen molar-refractivity contribution in [1.29, 1.82) is 0 Å². The van der Waals surface area contributed by atoms with Gasteiger partial charge in [-0.15, -0.1) is 0 Å². The van der Waals surface area contributed by atoms with Crippen molar-refractivity contribution in [1.82, 2.24) is 4.57 Å². The number of hydrogen-bond acceptors (Lipinski definition) is 1. The fraction of sp³-hybridized carbons (Fsp3) is 0.154. The fourth-order valence-corrected chi connectivity index (χ4v) is 1.64. The molecule has 0 aliphatic rings. The molecule has 0 radical (unpaired) electrons. The molecule has 0 atom stereocenters. The van der Waals surface area contributed by atoms with Crippen molar-refractivity contribution >= 4 is 11.6 Å². The number of halogens is 2. The number of hydrogen-bond donors (Lipinski definition) is 1. The average molecular weight is 250 g/mol. The van der Waals surface area contributed by atoms with E-state index in [0.29, 0.717) is 0 Å². The number of aryl methyl sites for hydroxylation is 1. The molecule has 18 heavy (non-hydrogen) atoms. The normalized spacial score (nSPS) is 10.4. The molecule has 0 aliphatic carbocycles. The van der Waals surface area contributed by atoms with E-state index in [4.69, 9.17) is 0 Å². The molecule has 0 unspecified atom stereocenters. The number of anilines is 1. The molecular weight excluding hydrogens is 238 g/mol. The molecule has 1 aromatic heterocycles. The average Bonchev–Trinajstić information content (AvgIpc) is 2.68. The Balaban J connectivity index is 2.03. The van der Waals surface area contributed by atoms with E-state index in [2.05, 4.69) is 5.32 Å². The molecule has 94 valence electrons. The number of carbonyl (C=O) groups excluding carboxylic acids is 1. The number of aromatic nitrogens is 1. The van der Waals surface area contributed by atoms with Gasteiger partial charge in [-0.3, -0.25) is 4.79 Å². The minimum Gasteiger partial charge on any atom is -0.357 e. The van der Waals surface area contributed by atoms with Crippen LogP contribution in [0, 0.1) is 11.6 Å². The lowest BCUT2D eigenvalue weighted by molar-refractivity contribution is -0.115. The minimum absolute atomic E-state index is 0.0164. The smallest absolute Gasteiger partial charge is 0.228 e. The molecule has 3 nitrogen and oxygen atoms in total. The Bertz CT molecular complexity index is 578. The summed E-state index contributed by atoms with van der Waals surface area (Å²) in [5, 5.41) is 2.41. The standard InChI is InChI=1S/C13H12F2N2O/c1-17-5-4-9(8-17)6-13(18)16-12-3-2-10(14)7-11(12)15/h2-5,7-8H,6H2,1H3,(H,16,18). The maximum Gasteiger partial charge on any atom is 0.228 e. The van der Waals surface area contributed by atoms with E-state index >= 15 is 0 Å². The van der Waals surface area contributed by atoms with Gasteiger partial charge in [0.05, 0.1) is 12.1 Å². The highest BCUT2D eigenvalue weighted by atomic mass is 19.1. The van der Waals surface area contributed by atoms with Crippen molar-refractivity contribution in [2.24, 2.45) is 7.05 Å². The molecule has 1 aromatic carbocycles. The van der Waals surface area contributed by atoms with Crippen LogP contribution in [0.15, 0.2) is 36.7 Å². The van der Waals surface area contributed by atoms with Crippen LogP contribution < -0.4 is 5.32 Å². The lowest BCUT2D eigenvalue weighted by atomic mass is 10.2. The summed E-state index contributed by atoms with van der Waals surface area (Å²) in [4.78, 5) is 11.6. The van der Waals surface area contributed by atoms with Crippen LogP contribution in [0.5, 0.6) is 0 Å². The Morgan fingerprint density at radius 1 is 1.33 bits per heavy atom. The van der Waals surface area contributed by atoms with Gasteiger partial charge in [-0.25, -0.2) is 8.78 Å². The zero-order valence-corrected chi connectivity index (χ0v) is 9.78. The van der Waals surface area contributed by atoms with E-state index in [0.717, 1.165) is 17.7 Å². The first-order valence-electron chi connectivity index (χ1n) is 5.40. The highest BCUT2D eigenvalue weighted by molar-refractivity contribution is 5.92. The molecule has 0 saturated carbocycles. The minimum atomic E-state index is -0.781. The third kappa shape index (κ3) is 2.94. The second-order valence-electron chi connectivity index (χ2n) is 4.03. The molecule has 1 heterocycles. The van der Waals surface area contributed by atoms with Crippen molar-refractivity contribution in [2.45, 2.75) is 6.42 Å². The number of rotatable bonds is 3. The van der Waals surface area contributed by atoms with Gasteiger partial charge in [0.15, 0.2) is 0 Å². The quantitative estimate of drug-likeness (QED) is 0.892. The largest absolute Gasteiger partial charge is 0.357 e. The topological polar surface area (TPSA) is 34.0 Å². The second-order valence-corrected chi connectivity index (χ2v) is 4.03. The van der Waals surface area contributed by atoms with Crippen LogP contribution in [-0.4, -0.2) is 10.5 Å². The Morgan fingerprint density at radius 2 is 2.11 bits per heavy atom. The molecule has 2 aromatic rings. The first-order chi connectivity index (χ1) is 8.54. The molecule has 0 fully saturated rings. The van der Waals surface area contributed by atoms with Crippen LogP contribution in [0.4, 0.5) is 14.5 Å². The molecule has 0 bridgehead atoms. The second kappa shape index (κ2) is 5.00. The van der Waals surface area contributed by atoms with Crippen molar-refractivity contribution in [2.75, 3.05) is 5.32 Å². The van der Waals surface area contributed by atoms with Crippen molar-refractivity contribution in [3.63, 3.8) is 0 Å². The Kier molecular flexibility index (Phi) is 3.41. The van der Waals surface area contributed by atoms with Gasteiger partial charge in [0.25, 0.3) is 0 Å². The first-order valence-corrected chi connectivity index (χ1v) is 5.40. The lowest BCUT2D eigenvalue weighted by Gasteiger charge is -2.05. The SMILES string of the molecule is Cn1ccc(CC(=O)Nc2ccc(F)cc2F)c1. The number of amides is 1. The van der Waals surface area contributed by atoms with E-state index < -0.39 is 11.6 Å². The summed E-state index contributed by atoms with van der Waals surface area (Å²) in [6.07, 6.45) is 3.78. The van der Waals surface area contributed by atoms with Gasteiger partial charge < -0.3 is 9.88 Å². The van der Waals surface area contributed by atoms with Gasteiger partial charge in [-0.2, -0.15) is 0 Å². The van der Waals surface area contributed by atoms with Gasteiger partial charge in [-0.1, -0.05) is 0 Å². The molecular formula is C13H12F2N2O. The summed E-state index contributed by atoms with van der Waals surface area (Å²) in [6, 6.07) is 4.84. The number of carbonyl (C=O) groups is 1. The summed E-state index contributed by atoms with van der Waals surface area (Å²) in [5.74, 6) is -1.79. The summed E-state index contributed by atoms with van der Waals surface area (Å²) >= 11 is 0. The molecule has 0 aliphatic heterocycles. The fourth-order valence-electron chi connectivity index (χ4n) is 1.64. The lowest BCUT2D eigenvalue weighted by Crippen LogP contribution is -2.15. The van der Waals surface area contributed by atoms with E-state index in [9.17, 15) is 13.6 Å². The number of nitrogens with zero attached hydrogens (tertiary/aromatic N) is 1. The van der Waals surface area contributed by atoms with E-state index in [-0.39, 0.29) is 18.0 Å². The van der Waals surface area contributed by atoms with Crippen molar-refractivity contribution < 1.29 is 13.6 Å². The molecule has 5 heteroatoms. The van der Waals surface area contributed by atoms with Gasteiger partial charge in [-0.05, 0) is 23.8 Å². The Hall–Kier alpha value is -2.17. The third-order valence-electron chi connectivity index (χ3n) is 2.46. The van der Waals surface area contributed by atoms with Crippen LogP contribution in [0.3, 0.4) is 0 Å². The predicted octanol–water partition coefficient (Wildman–Crippen LogP) is 2.48. The molecule has 0 spiro atoms. The van der Waals surface area contributed by atoms with Gasteiger partial charge in [0.2, 0.25) is 5.91 Å². The van der Waals surface area contributed by atoms with Crippen LogP contribution in [0.2, 0.25) is 0 Å². The van der Waals surface area contributed by atoms with E-state index in [1.165, 1.54) is 6.07 Å². The van der Waals surface area contributed by atoms with Gasteiger partial charge in [0.1, 0.15) is 11.6 Å². The first kappa shape index (κ1) is 12.3. The molecule has 2 rings (SSSR count). The predicted molar refractivity (Wildman–Crippen MR) is 64.1 cm³/mol. The molecule has 1 amide bonds. The van der Waals surface area contributed by atoms with Crippen LogP contribution in [0.25, 0.3) is 0 Å². The van der Waals surface area contributed by atoms with Gasteiger partial charge >= 0.3 is 0 Å². The Labute approximate surface area is 103 Å². The zero-order chi connectivity index (χ0) is 13.1. The zero-order valence-electron chi connectivity index (χ0n) is 9.78. The Morgan fingerprint density at radius 3 is 2.72 bits per heavy atom. The maximum absolute atomic E-state index is 13.3. The molecule has 0 saturated heterocycles. The summed E-state index contributed by atoms with van der Waals surface area (Å²) in [5.41, 5.74) is 0.815. The van der Waals surface area contributed by atoms with Crippen LogP contribution in [0.1, 0.15) is 5.56 Å². The number of nitrogens with one attached hydrogen (secondary N) is 1. The summed E-state index contributed by atoms with van der Waals surface area (Å²) < 4.78 is 27.8. The highest BCUT2D eigenvalue weighted by Gasteiger charge is 2.09. The number of benzene rings is 1. The van der Waals surface area contributed by atoms with Crippen LogP contribution >= 0.6 is 0 Å².